The van der Waals surface area contributed by atoms with E-state index in [0.717, 1.165) is 5.56 Å². The molecular formula is C33H32FN5O8. The summed E-state index contributed by atoms with van der Waals surface area (Å²) in [5.41, 5.74) is 1.23. The van der Waals surface area contributed by atoms with Gasteiger partial charge in [-0.05, 0) is 48.0 Å². The number of likely N-dealkylation sites (tertiary alicyclic amines) is 1. The lowest BCUT2D eigenvalue weighted by Crippen LogP contribution is -2.45. The lowest BCUT2D eigenvalue weighted by Gasteiger charge is -2.22. The van der Waals surface area contributed by atoms with Gasteiger partial charge in [-0.3, -0.25) is 14.4 Å². The molecule has 4 aromatic rings. The van der Waals surface area contributed by atoms with E-state index in [9.17, 15) is 18.8 Å². The molecule has 1 saturated heterocycles. The van der Waals surface area contributed by atoms with Gasteiger partial charge in [-0.25, -0.2) is 4.39 Å². The number of benzene rings is 3. The quantitative estimate of drug-likeness (QED) is 0.320. The Morgan fingerprint density at radius 3 is 2.66 bits per heavy atom. The van der Waals surface area contributed by atoms with Crippen LogP contribution in [0.25, 0.3) is 11.4 Å². The maximum Gasteiger partial charge on any atom is 0.258 e. The molecule has 2 atom stereocenters. The molecule has 4 bridgehead atoms. The molecule has 0 unspecified atom stereocenters. The van der Waals surface area contributed by atoms with Crippen molar-refractivity contribution in [2.75, 3.05) is 33.9 Å². The zero-order valence-corrected chi connectivity index (χ0v) is 25.7. The Kier molecular flexibility index (Phi) is 9.18. The fraction of sp³-hybridized carbons (Fsp3) is 0.303. The highest BCUT2D eigenvalue weighted by molar-refractivity contribution is 5.95. The van der Waals surface area contributed by atoms with E-state index in [1.165, 1.54) is 26.4 Å². The van der Waals surface area contributed by atoms with Crippen molar-refractivity contribution in [1.29, 1.82) is 0 Å². The molecule has 7 rings (SSSR count). The van der Waals surface area contributed by atoms with Crippen molar-refractivity contribution in [3.05, 3.63) is 83.5 Å². The van der Waals surface area contributed by atoms with Gasteiger partial charge in [0.2, 0.25) is 17.6 Å². The highest BCUT2D eigenvalue weighted by atomic mass is 19.1. The molecule has 3 amide bonds. The van der Waals surface area contributed by atoms with E-state index in [1.807, 2.05) is 0 Å². The van der Waals surface area contributed by atoms with Gasteiger partial charge < -0.3 is 39.0 Å². The molecule has 13 nitrogen and oxygen atoms in total. The van der Waals surface area contributed by atoms with Gasteiger partial charge in [-0.15, -0.1) is 0 Å². The molecular weight excluding hydrogens is 613 g/mol. The number of carbonyl (C=O) groups excluding carboxylic acids is 3. The van der Waals surface area contributed by atoms with Crippen molar-refractivity contribution in [1.82, 2.24) is 25.7 Å². The van der Waals surface area contributed by atoms with Crippen molar-refractivity contribution >= 4 is 17.7 Å². The fourth-order valence-corrected chi connectivity index (χ4v) is 5.38. The molecule has 3 aliphatic rings. The summed E-state index contributed by atoms with van der Waals surface area (Å²) in [7, 11) is 2.96. The Morgan fingerprint density at radius 1 is 1.02 bits per heavy atom. The average Bonchev–Trinajstić information content (AvgIpc) is 3.72. The monoisotopic (exact) mass is 645 g/mol. The van der Waals surface area contributed by atoms with Crippen LogP contribution < -0.4 is 29.6 Å². The number of hydrogen-bond acceptors (Lipinski definition) is 10. The number of halogens is 1. The molecule has 244 valence electrons. The number of amides is 3. The zero-order valence-electron chi connectivity index (χ0n) is 25.7. The largest absolute Gasteiger partial charge is 0.493 e. The summed E-state index contributed by atoms with van der Waals surface area (Å²) >= 11 is 0. The van der Waals surface area contributed by atoms with Gasteiger partial charge in [-0.2, -0.15) is 4.98 Å². The van der Waals surface area contributed by atoms with Gasteiger partial charge in [-0.1, -0.05) is 23.4 Å². The average molecular weight is 646 g/mol. The van der Waals surface area contributed by atoms with Crippen LogP contribution in [0.1, 0.15) is 28.2 Å². The second-order valence-corrected chi connectivity index (χ2v) is 10.9. The molecule has 0 saturated carbocycles. The van der Waals surface area contributed by atoms with Crippen molar-refractivity contribution in [3.8, 4) is 34.4 Å². The standard InChI is InChI=1S/C33H32FN5O8/c1-43-24-10-8-20-14-27(24)45-18-29(40)35-15-19-7-9-25(26(13-19)44-2)46-28-17-39(16-23(28)36-33(20)42)31(41)12-11-30-37-32(38-47-30)21-5-3-4-6-22(21)34/h3-10,13-14,23,28H,11-12,15-18H2,1-2H3,(H,35,40)(H,36,42)/t23-,28-/m0/s1. The van der Waals surface area contributed by atoms with Crippen LogP contribution in [0.3, 0.4) is 0 Å². The minimum absolute atomic E-state index is 0.0369. The first kappa shape index (κ1) is 31.3. The first-order chi connectivity index (χ1) is 22.8. The van der Waals surface area contributed by atoms with Gasteiger partial charge in [0.25, 0.3) is 11.8 Å². The van der Waals surface area contributed by atoms with E-state index in [1.54, 1.807) is 53.4 Å². The molecule has 14 heteroatoms. The highest BCUT2D eigenvalue weighted by Gasteiger charge is 2.38. The molecule has 3 aliphatic heterocycles. The minimum Gasteiger partial charge on any atom is -0.493 e. The highest BCUT2D eigenvalue weighted by Crippen LogP contribution is 2.32. The second kappa shape index (κ2) is 13.8. The lowest BCUT2D eigenvalue weighted by atomic mass is 10.1. The van der Waals surface area contributed by atoms with Crippen LogP contribution in [0.15, 0.2) is 65.2 Å². The number of aryl methyl sites for hydroxylation is 1. The van der Waals surface area contributed by atoms with Gasteiger partial charge in [0.05, 0.1) is 32.4 Å². The molecule has 0 aliphatic carbocycles. The van der Waals surface area contributed by atoms with Gasteiger partial charge in [0, 0.05) is 31.5 Å². The first-order valence-electron chi connectivity index (χ1n) is 14.9. The third kappa shape index (κ3) is 7.11. The summed E-state index contributed by atoms with van der Waals surface area (Å²) in [6.07, 6.45) is -0.460. The summed E-state index contributed by atoms with van der Waals surface area (Å²) < 4.78 is 42.4. The Hall–Kier alpha value is -5.66. The molecule has 47 heavy (non-hydrogen) atoms. The predicted octanol–water partition coefficient (Wildman–Crippen LogP) is 2.92. The molecule has 1 fully saturated rings. The number of rotatable bonds is 6. The maximum absolute atomic E-state index is 14.2. The summed E-state index contributed by atoms with van der Waals surface area (Å²) in [6.45, 7) is 0.256. The van der Waals surface area contributed by atoms with E-state index < -0.39 is 23.9 Å². The van der Waals surface area contributed by atoms with E-state index in [2.05, 4.69) is 20.8 Å². The minimum atomic E-state index is -0.636. The maximum atomic E-state index is 14.2. The van der Waals surface area contributed by atoms with Gasteiger partial charge in [0.1, 0.15) is 11.9 Å². The Labute approximate surface area is 268 Å². The number of nitrogens with one attached hydrogen (secondary N) is 2. The third-order valence-corrected chi connectivity index (χ3v) is 7.85. The van der Waals surface area contributed by atoms with E-state index in [0.29, 0.717) is 17.2 Å². The second-order valence-electron chi connectivity index (χ2n) is 10.9. The summed E-state index contributed by atoms with van der Waals surface area (Å²) in [5.74, 6) is 0.200. The van der Waals surface area contributed by atoms with Crippen molar-refractivity contribution in [3.63, 3.8) is 0 Å². The number of aromatic nitrogens is 2. The number of methoxy groups -OCH3 is 2. The lowest BCUT2D eigenvalue weighted by molar-refractivity contribution is -0.130. The number of nitrogens with zero attached hydrogens (tertiary/aromatic N) is 3. The van der Waals surface area contributed by atoms with Crippen molar-refractivity contribution in [2.45, 2.75) is 31.5 Å². The van der Waals surface area contributed by atoms with Gasteiger partial charge >= 0.3 is 0 Å². The molecule has 4 heterocycles. The van der Waals surface area contributed by atoms with Gasteiger partial charge in [0.15, 0.2) is 29.6 Å². The molecule has 0 spiro atoms. The zero-order chi connectivity index (χ0) is 32.9. The van der Waals surface area contributed by atoms with Crippen LogP contribution >= 0.6 is 0 Å². The summed E-state index contributed by atoms with van der Waals surface area (Å²) in [6, 6.07) is 15.4. The van der Waals surface area contributed by atoms with E-state index in [-0.39, 0.29) is 79.5 Å². The number of hydrogen-bond donors (Lipinski definition) is 2. The number of carbonyl (C=O) groups is 3. The van der Waals surface area contributed by atoms with Crippen LogP contribution in [0, 0.1) is 5.82 Å². The molecule has 0 radical (unpaired) electrons. The Morgan fingerprint density at radius 2 is 1.85 bits per heavy atom. The van der Waals surface area contributed by atoms with E-state index in [4.69, 9.17) is 23.5 Å². The SMILES string of the molecule is COc1ccc2cc1OCC(=O)NCc1ccc(c(OC)c1)O[C@H]1CN(C(=O)CCc3nc(-c4ccccc4F)no3)C[C@@H]1NC2=O. The Bertz CT molecular complexity index is 1800. The van der Waals surface area contributed by atoms with Crippen LogP contribution in [0.5, 0.6) is 23.0 Å². The molecule has 3 aromatic carbocycles. The smallest absolute Gasteiger partial charge is 0.258 e. The summed E-state index contributed by atoms with van der Waals surface area (Å²) in [4.78, 5) is 45.2. The fourth-order valence-electron chi connectivity index (χ4n) is 5.38. The number of fused-ring (bicyclic) bond motifs is 7. The molecule has 1 aromatic heterocycles. The van der Waals surface area contributed by atoms with E-state index >= 15 is 0 Å². The molecule has 2 N–H and O–H groups in total. The normalized spacial score (nSPS) is 17.9. The predicted molar refractivity (Wildman–Crippen MR) is 164 cm³/mol. The van der Waals surface area contributed by atoms with Crippen LogP contribution in [-0.4, -0.2) is 78.8 Å². The number of ether oxygens (including phenoxy) is 4. The van der Waals surface area contributed by atoms with Crippen LogP contribution in [0.2, 0.25) is 0 Å². The first-order valence-corrected chi connectivity index (χ1v) is 14.9. The summed E-state index contributed by atoms with van der Waals surface area (Å²) in [5, 5.41) is 9.64. The van der Waals surface area contributed by atoms with Crippen molar-refractivity contribution < 1.29 is 42.2 Å². The topological polar surface area (TPSA) is 154 Å². The van der Waals surface area contributed by atoms with Crippen LogP contribution in [-0.2, 0) is 22.6 Å². The van der Waals surface area contributed by atoms with Crippen LogP contribution in [0.4, 0.5) is 4.39 Å². The Balaban J connectivity index is 1.22. The van der Waals surface area contributed by atoms with Crippen molar-refractivity contribution in [2.24, 2.45) is 0 Å². The third-order valence-electron chi connectivity index (χ3n) is 7.85.